The van der Waals surface area contributed by atoms with E-state index in [9.17, 15) is 10.1 Å². The van der Waals surface area contributed by atoms with Crippen LogP contribution in [0.25, 0.3) is 10.2 Å². The molecule has 2 heterocycles. The van der Waals surface area contributed by atoms with Crippen LogP contribution in [0.4, 0.5) is 10.8 Å². The number of rotatable bonds is 3. The third kappa shape index (κ3) is 2.94. The largest absolute Gasteiger partial charge is 0.357 e. The van der Waals surface area contributed by atoms with Crippen molar-refractivity contribution in [2.45, 2.75) is 12.5 Å². The van der Waals surface area contributed by atoms with Gasteiger partial charge >= 0.3 is 0 Å². The number of fused-ring (bicyclic) bond motifs is 1. The third-order valence-corrected chi connectivity index (χ3v) is 3.92. The number of hydrogen-bond donors (Lipinski definition) is 2. The molecule has 0 saturated carbocycles. The fraction of sp³-hybridized carbons (Fsp3) is 0.364. The molecular formula is C11H13ClN4O2S. The summed E-state index contributed by atoms with van der Waals surface area (Å²) in [5.74, 6) is 0. The molecule has 1 unspecified atom stereocenters. The normalized spacial score (nSPS) is 18.2. The first-order valence-electron chi connectivity index (χ1n) is 5.74. The van der Waals surface area contributed by atoms with E-state index in [2.05, 4.69) is 15.6 Å². The summed E-state index contributed by atoms with van der Waals surface area (Å²) in [5.41, 5.74) is 0.916. The molecule has 2 aromatic rings. The number of nitrogens with one attached hydrogen (secondary N) is 2. The second-order valence-corrected chi connectivity index (χ2v) is 5.29. The molecule has 0 aliphatic carbocycles. The number of nitro groups is 1. The number of nitrogens with zero attached hydrogens (tertiary/aromatic N) is 2. The van der Waals surface area contributed by atoms with Crippen LogP contribution >= 0.6 is 23.7 Å². The van der Waals surface area contributed by atoms with E-state index in [-0.39, 0.29) is 23.0 Å². The first kappa shape index (κ1) is 14.0. The van der Waals surface area contributed by atoms with Crippen LogP contribution in [0.5, 0.6) is 0 Å². The second-order valence-electron chi connectivity index (χ2n) is 4.26. The highest BCUT2D eigenvalue weighted by Gasteiger charge is 2.16. The molecule has 1 saturated heterocycles. The number of anilines is 1. The Labute approximate surface area is 119 Å². The highest BCUT2D eigenvalue weighted by Crippen LogP contribution is 2.29. The van der Waals surface area contributed by atoms with Gasteiger partial charge in [-0.1, -0.05) is 11.3 Å². The monoisotopic (exact) mass is 300 g/mol. The molecule has 0 radical (unpaired) electrons. The summed E-state index contributed by atoms with van der Waals surface area (Å²) in [4.78, 5) is 14.7. The van der Waals surface area contributed by atoms with Crippen molar-refractivity contribution in [3.05, 3.63) is 28.3 Å². The zero-order chi connectivity index (χ0) is 12.5. The summed E-state index contributed by atoms with van der Waals surface area (Å²) in [7, 11) is 0. The van der Waals surface area contributed by atoms with Gasteiger partial charge in [0.15, 0.2) is 5.13 Å². The van der Waals surface area contributed by atoms with Crippen molar-refractivity contribution in [1.29, 1.82) is 0 Å². The first-order chi connectivity index (χ1) is 8.72. The molecule has 1 atom stereocenters. The van der Waals surface area contributed by atoms with E-state index in [0.29, 0.717) is 6.04 Å². The maximum Gasteiger partial charge on any atom is 0.270 e. The predicted molar refractivity (Wildman–Crippen MR) is 78.4 cm³/mol. The van der Waals surface area contributed by atoms with E-state index in [1.807, 2.05) is 0 Å². The molecule has 1 aromatic heterocycles. The third-order valence-electron chi connectivity index (χ3n) is 2.97. The quantitative estimate of drug-likeness (QED) is 0.672. The molecule has 0 amide bonds. The van der Waals surface area contributed by atoms with E-state index in [0.717, 1.165) is 34.9 Å². The van der Waals surface area contributed by atoms with Gasteiger partial charge in [0, 0.05) is 24.7 Å². The Hall–Kier alpha value is -1.44. The number of non-ortho nitro benzene ring substituents is 1. The molecule has 8 heteroatoms. The summed E-state index contributed by atoms with van der Waals surface area (Å²) in [6.07, 6.45) is 1.08. The smallest absolute Gasteiger partial charge is 0.270 e. The number of benzene rings is 1. The van der Waals surface area contributed by atoms with E-state index < -0.39 is 0 Å². The lowest BCUT2D eigenvalue weighted by molar-refractivity contribution is -0.384. The molecule has 1 aromatic carbocycles. The maximum atomic E-state index is 10.7. The van der Waals surface area contributed by atoms with Crippen molar-refractivity contribution >= 4 is 44.8 Å². The van der Waals surface area contributed by atoms with Gasteiger partial charge in [0.05, 0.1) is 15.1 Å². The van der Waals surface area contributed by atoms with Crippen LogP contribution in [0.15, 0.2) is 18.2 Å². The van der Waals surface area contributed by atoms with Gasteiger partial charge in [0.2, 0.25) is 0 Å². The standard InChI is InChI=1S/C11H12N4O2S.ClH/c16-15(17)8-1-2-9-10(5-8)18-11(14-9)13-7-3-4-12-6-7;/h1-2,5,7,12H,3-4,6H2,(H,13,14);1H. The average molecular weight is 301 g/mol. The Morgan fingerprint density at radius 3 is 3.05 bits per heavy atom. The van der Waals surface area contributed by atoms with Gasteiger partial charge in [-0.15, -0.1) is 12.4 Å². The molecule has 102 valence electrons. The molecule has 2 N–H and O–H groups in total. The summed E-state index contributed by atoms with van der Waals surface area (Å²) >= 11 is 1.46. The molecule has 1 aliphatic heterocycles. The molecule has 0 spiro atoms. The summed E-state index contributed by atoms with van der Waals surface area (Å²) in [6.45, 7) is 1.96. The molecule has 1 aliphatic rings. The maximum absolute atomic E-state index is 10.7. The number of hydrogen-bond acceptors (Lipinski definition) is 6. The Balaban J connectivity index is 0.00000133. The van der Waals surface area contributed by atoms with Crippen LogP contribution in [0, 0.1) is 10.1 Å². The summed E-state index contributed by atoms with van der Waals surface area (Å²) in [5, 5.41) is 18.2. The van der Waals surface area contributed by atoms with Crippen molar-refractivity contribution in [1.82, 2.24) is 10.3 Å². The van der Waals surface area contributed by atoms with Gasteiger partial charge in [-0.2, -0.15) is 0 Å². The van der Waals surface area contributed by atoms with Gasteiger partial charge in [-0.3, -0.25) is 10.1 Å². The molecular weight excluding hydrogens is 288 g/mol. The lowest BCUT2D eigenvalue weighted by Crippen LogP contribution is -2.21. The van der Waals surface area contributed by atoms with Crippen LogP contribution < -0.4 is 10.6 Å². The minimum absolute atomic E-state index is 0. The fourth-order valence-electron chi connectivity index (χ4n) is 2.04. The van der Waals surface area contributed by atoms with Crippen LogP contribution in [-0.4, -0.2) is 29.0 Å². The Morgan fingerprint density at radius 2 is 2.37 bits per heavy atom. The SMILES string of the molecule is Cl.O=[N+]([O-])c1ccc2nc(NC3CCNC3)sc2c1. The second kappa shape index (κ2) is 5.68. The Bertz CT molecular complexity index is 597. The van der Waals surface area contributed by atoms with E-state index >= 15 is 0 Å². The van der Waals surface area contributed by atoms with Gasteiger partial charge in [0.1, 0.15) is 0 Å². The zero-order valence-corrected chi connectivity index (χ0v) is 11.6. The van der Waals surface area contributed by atoms with Crippen molar-refractivity contribution in [2.75, 3.05) is 18.4 Å². The molecule has 6 nitrogen and oxygen atoms in total. The average Bonchev–Trinajstić information content (AvgIpc) is 2.96. The van der Waals surface area contributed by atoms with Crippen LogP contribution in [0.3, 0.4) is 0 Å². The van der Waals surface area contributed by atoms with Crippen LogP contribution in [0.2, 0.25) is 0 Å². The highest BCUT2D eigenvalue weighted by molar-refractivity contribution is 7.22. The molecule has 1 fully saturated rings. The Kier molecular flexibility index (Phi) is 4.18. The summed E-state index contributed by atoms with van der Waals surface area (Å²) in [6, 6.07) is 5.16. The van der Waals surface area contributed by atoms with Crippen molar-refractivity contribution in [2.24, 2.45) is 0 Å². The predicted octanol–water partition coefficient (Wildman–Crippen LogP) is 2.40. The zero-order valence-electron chi connectivity index (χ0n) is 9.96. The Morgan fingerprint density at radius 1 is 1.53 bits per heavy atom. The van der Waals surface area contributed by atoms with E-state index in [4.69, 9.17) is 0 Å². The van der Waals surface area contributed by atoms with Crippen LogP contribution in [-0.2, 0) is 0 Å². The first-order valence-corrected chi connectivity index (χ1v) is 6.56. The molecule has 0 bridgehead atoms. The minimum atomic E-state index is -0.382. The van der Waals surface area contributed by atoms with Crippen LogP contribution in [0.1, 0.15) is 6.42 Å². The fourth-order valence-corrected chi connectivity index (χ4v) is 3.02. The van der Waals surface area contributed by atoms with E-state index in [1.54, 1.807) is 12.1 Å². The van der Waals surface area contributed by atoms with Crippen molar-refractivity contribution < 1.29 is 4.92 Å². The molecule has 19 heavy (non-hydrogen) atoms. The number of thiazole rings is 1. The van der Waals surface area contributed by atoms with Gasteiger partial charge < -0.3 is 10.6 Å². The van der Waals surface area contributed by atoms with Gasteiger partial charge in [-0.05, 0) is 19.0 Å². The highest BCUT2D eigenvalue weighted by atomic mass is 35.5. The number of nitro benzene ring substituents is 1. The van der Waals surface area contributed by atoms with Gasteiger partial charge in [0.25, 0.3) is 5.69 Å². The van der Waals surface area contributed by atoms with Gasteiger partial charge in [-0.25, -0.2) is 4.98 Å². The molecule has 3 rings (SSSR count). The van der Waals surface area contributed by atoms with Crippen molar-refractivity contribution in [3.8, 4) is 0 Å². The number of aromatic nitrogens is 1. The number of halogens is 1. The topological polar surface area (TPSA) is 80.1 Å². The lowest BCUT2D eigenvalue weighted by atomic mass is 10.3. The minimum Gasteiger partial charge on any atom is -0.357 e. The lowest BCUT2D eigenvalue weighted by Gasteiger charge is -2.08. The summed E-state index contributed by atoms with van der Waals surface area (Å²) < 4.78 is 0.845. The van der Waals surface area contributed by atoms with E-state index in [1.165, 1.54) is 17.4 Å². The van der Waals surface area contributed by atoms with Crippen molar-refractivity contribution in [3.63, 3.8) is 0 Å².